The summed E-state index contributed by atoms with van der Waals surface area (Å²) in [5, 5.41) is 1.68. The van der Waals surface area contributed by atoms with E-state index in [0.29, 0.717) is 5.69 Å². The summed E-state index contributed by atoms with van der Waals surface area (Å²) in [5.41, 5.74) is 0.486. The van der Waals surface area contributed by atoms with Gasteiger partial charge in [0.15, 0.2) is 5.01 Å². The first-order valence-corrected chi connectivity index (χ1v) is 12.4. The number of benzene rings is 2. The Morgan fingerprint density at radius 1 is 1.24 bits per heavy atom. The third-order valence-electron chi connectivity index (χ3n) is 5.77. The molecule has 0 N–H and O–H groups in total. The summed E-state index contributed by atoms with van der Waals surface area (Å²) < 4.78 is 47.0. The Kier molecular flexibility index (Phi) is 7.28. The summed E-state index contributed by atoms with van der Waals surface area (Å²) in [6, 6.07) is 9.31. The highest BCUT2D eigenvalue weighted by atomic mass is 32.1. The number of hydrogen-bond donors (Lipinski definition) is 0. The lowest BCUT2D eigenvalue weighted by molar-refractivity contribution is -0.137. The summed E-state index contributed by atoms with van der Waals surface area (Å²) in [4.78, 5) is 34.0. The third kappa shape index (κ3) is 5.62. The van der Waals surface area contributed by atoms with E-state index in [0.717, 1.165) is 33.9 Å². The van der Waals surface area contributed by atoms with Gasteiger partial charge in [0.25, 0.3) is 5.91 Å². The minimum Gasteiger partial charge on any atom is -0.491 e. The molecule has 0 radical (unpaired) electrons. The second-order valence-electron chi connectivity index (χ2n) is 8.87. The number of alkyl halides is 3. The molecule has 192 valence electrons. The molecular weight excluding hydrogens is 503 g/mol. The predicted molar refractivity (Wildman–Crippen MR) is 136 cm³/mol. The van der Waals surface area contributed by atoms with Crippen LogP contribution < -0.4 is 14.5 Å². The molecule has 1 unspecified atom stereocenters. The summed E-state index contributed by atoms with van der Waals surface area (Å²) in [5.74, 6) is 1.14. The topological polar surface area (TPSA) is 62.7 Å². The van der Waals surface area contributed by atoms with Crippen LogP contribution in [0.4, 0.5) is 24.5 Å². The molecule has 0 spiro atoms. The second kappa shape index (κ2) is 10.3. The Bertz CT molecular complexity index is 1360. The average molecular weight is 528 g/mol. The summed E-state index contributed by atoms with van der Waals surface area (Å²) in [6.45, 7) is 5.57. The minimum absolute atomic E-state index is 0.0525. The standard InChI is InChI=1S/C27H24F3N3O3S/c1-5-24-31-22(15-37-24)25(34)33(20-12-18(27(28,29)30)13-21(14-20)36-16(2)3)23-10-11-32(26(23)35)19-8-6-17(4)7-9-19/h1,6-9,12-16,23H,10-11H2,2-4H3. The molecule has 0 bridgehead atoms. The van der Waals surface area contributed by atoms with Gasteiger partial charge in [-0.15, -0.1) is 17.8 Å². The van der Waals surface area contributed by atoms with Crippen LogP contribution >= 0.6 is 11.3 Å². The van der Waals surface area contributed by atoms with E-state index in [1.807, 2.05) is 19.1 Å². The fourth-order valence-electron chi connectivity index (χ4n) is 4.11. The number of aryl methyl sites for hydroxylation is 1. The molecule has 10 heteroatoms. The van der Waals surface area contributed by atoms with Crippen molar-refractivity contribution in [3.63, 3.8) is 0 Å². The molecular formula is C27H24F3N3O3S. The summed E-state index contributed by atoms with van der Waals surface area (Å²) in [7, 11) is 0. The second-order valence-corrected chi connectivity index (χ2v) is 9.73. The molecule has 4 rings (SSSR count). The van der Waals surface area contributed by atoms with Crippen LogP contribution in [0.5, 0.6) is 5.75 Å². The van der Waals surface area contributed by atoms with E-state index >= 15 is 0 Å². The first kappa shape index (κ1) is 26.2. The number of amides is 2. The number of hydrogen-bond acceptors (Lipinski definition) is 5. The van der Waals surface area contributed by atoms with Gasteiger partial charge >= 0.3 is 6.18 Å². The molecule has 37 heavy (non-hydrogen) atoms. The molecule has 1 aliphatic heterocycles. The maximum Gasteiger partial charge on any atom is 0.416 e. The quantitative estimate of drug-likeness (QED) is 0.387. The molecule has 1 saturated heterocycles. The van der Waals surface area contributed by atoms with Gasteiger partial charge in [-0.3, -0.25) is 14.5 Å². The average Bonchev–Trinajstić information content (AvgIpc) is 3.46. The number of terminal acetylenes is 1. The first-order chi connectivity index (χ1) is 17.5. The van der Waals surface area contributed by atoms with Crippen LogP contribution in [0.2, 0.25) is 0 Å². The van der Waals surface area contributed by atoms with Crippen molar-refractivity contribution in [3.05, 3.63) is 69.7 Å². The van der Waals surface area contributed by atoms with E-state index in [2.05, 4.69) is 10.9 Å². The van der Waals surface area contributed by atoms with Crippen LogP contribution in [0.15, 0.2) is 47.8 Å². The Morgan fingerprint density at radius 3 is 2.54 bits per heavy atom. The maximum atomic E-state index is 13.8. The lowest BCUT2D eigenvalue weighted by atomic mass is 10.1. The van der Waals surface area contributed by atoms with Crippen molar-refractivity contribution in [2.24, 2.45) is 0 Å². The normalized spacial score (nSPS) is 15.7. The van der Waals surface area contributed by atoms with Crippen LogP contribution in [-0.4, -0.2) is 35.5 Å². The molecule has 2 aromatic carbocycles. The smallest absolute Gasteiger partial charge is 0.416 e. The molecule has 1 aliphatic rings. The Hall–Kier alpha value is -3.84. The largest absolute Gasteiger partial charge is 0.491 e. The number of rotatable bonds is 6. The van der Waals surface area contributed by atoms with E-state index in [9.17, 15) is 22.8 Å². The molecule has 0 saturated carbocycles. The van der Waals surface area contributed by atoms with Crippen LogP contribution in [0.1, 0.15) is 46.9 Å². The number of carbonyl (C=O) groups is 2. The number of aromatic nitrogens is 1. The van der Waals surface area contributed by atoms with E-state index in [4.69, 9.17) is 11.2 Å². The van der Waals surface area contributed by atoms with Gasteiger partial charge in [-0.1, -0.05) is 17.7 Å². The highest BCUT2D eigenvalue weighted by Gasteiger charge is 2.42. The Balaban J connectivity index is 1.82. The maximum absolute atomic E-state index is 13.8. The molecule has 6 nitrogen and oxygen atoms in total. The molecule has 1 fully saturated rings. The van der Waals surface area contributed by atoms with Gasteiger partial charge in [0.1, 0.15) is 17.5 Å². The minimum atomic E-state index is -4.70. The molecule has 0 aliphatic carbocycles. The van der Waals surface area contributed by atoms with Crippen molar-refractivity contribution in [2.75, 3.05) is 16.3 Å². The van der Waals surface area contributed by atoms with Crippen molar-refractivity contribution in [1.82, 2.24) is 4.98 Å². The summed E-state index contributed by atoms with van der Waals surface area (Å²) >= 11 is 1.06. The number of anilines is 2. The van der Waals surface area contributed by atoms with Crippen LogP contribution in [0.25, 0.3) is 0 Å². The number of thiazole rings is 1. The van der Waals surface area contributed by atoms with Crippen LogP contribution in [0.3, 0.4) is 0 Å². The van der Waals surface area contributed by atoms with Gasteiger partial charge in [-0.2, -0.15) is 13.2 Å². The van der Waals surface area contributed by atoms with Crippen molar-refractivity contribution >= 4 is 34.5 Å². The number of carbonyl (C=O) groups excluding carboxylic acids is 2. The van der Waals surface area contributed by atoms with Gasteiger partial charge in [0.05, 0.1) is 11.7 Å². The highest BCUT2D eigenvalue weighted by molar-refractivity contribution is 7.10. The third-order valence-corrected chi connectivity index (χ3v) is 6.54. The molecule has 2 heterocycles. The number of halogens is 3. The first-order valence-electron chi connectivity index (χ1n) is 11.5. The van der Waals surface area contributed by atoms with Gasteiger partial charge in [-0.05, 0) is 57.4 Å². The van der Waals surface area contributed by atoms with Gasteiger partial charge < -0.3 is 9.64 Å². The van der Waals surface area contributed by atoms with Crippen molar-refractivity contribution in [1.29, 1.82) is 0 Å². The Labute approximate surface area is 216 Å². The predicted octanol–water partition coefficient (Wildman–Crippen LogP) is 5.69. The van der Waals surface area contributed by atoms with Crippen molar-refractivity contribution < 1.29 is 27.5 Å². The Morgan fingerprint density at radius 2 is 1.95 bits per heavy atom. The molecule has 2 amide bonds. The lowest BCUT2D eigenvalue weighted by Gasteiger charge is -2.29. The van der Waals surface area contributed by atoms with Crippen molar-refractivity contribution in [2.45, 2.75) is 45.5 Å². The fraction of sp³-hybridized carbons (Fsp3) is 0.296. The van der Waals surface area contributed by atoms with Crippen LogP contribution in [-0.2, 0) is 11.0 Å². The SMILES string of the molecule is C#Cc1nc(C(=O)N(c2cc(OC(C)C)cc(C(F)(F)F)c2)C2CCN(c3ccc(C)cc3)C2=O)cs1. The van der Waals surface area contributed by atoms with Gasteiger partial charge in [-0.25, -0.2) is 4.98 Å². The van der Waals surface area contributed by atoms with Gasteiger partial charge in [0.2, 0.25) is 5.91 Å². The van der Waals surface area contributed by atoms with E-state index in [1.54, 1.807) is 26.0 Å². The van der Waals surface area contributed by atoms with Gasteiger partial charge in [0, 0.05) is 29.4 Å². The highest BCUT2D eigenvalue weighted by Crippen LogP contribution is 2.38. The van der Waals surface area contributed by atoms with E-state index in [1.165, 1.54) is 16.3 Å². The van der Waals surface area contributed by atoms with Crippen LogP contribution in [0, 0.1) is 19.3 Å². The molecule has 1 atom stereocenters. The zero-order valence-corrected chi connectivity index (χ0v) is 21.2. The van der Waals surface area contributed by atoms with E-state index in [-0.39, 0.29) is 35.1 Å². The summed E-state index contributed by atoms with van der Waals surface area (Å²) in [6.07, 6.45) is 0.484. The van der Waals surface area contributed by atoms with Crippen molar-refractivity contribution in [3.8, 4) is 18.1 Å². The lowest BCUT2D eigenvalue weighted by Crippen LogP contribution is -2.46. The fourth-order valence-corrected chi connectivity index (χ4v) is 4.71. The zero-order chi connectivity index (χ0) is 26.9. The number of nitrogens with zero attached hydrogens (tertiary/aromatic N) is 3. The zero-order valence-electron chi connectivity index (χ0n) is 20.4. The molecule has 3 aromatic rings. The molecule has 1 aromatic heterocycles. The number of ether oxygens (including phenoxy) is 1. The monoisotopic (exact) mass is 527 g/mol. The van der Waals surface area contributed by atoms with E-state index < -0.39 is 35.7 Å².